The van der Waals surface area contributed by atoms with Gasteiger partial charge in [0.15, 0.2) is 0 Å². The predicted octanol–water partition coefficient (Wildman–Crippen LogP) is 2.96. The first-order chi connectivity index (χ1) is 8.97. The van der Waals surface area contributed by atoms with Crippen molar-refractivity contribution >= 4 is 17.0 Å². The minimum atomic E-state index is -0.847. The maximum Gasteiger partial charge on any atom is 0.201 e. The van der Waals surface area contributed by atoms with E-state index in [4.69, 9.17) is 5.73 Å². The minimum absolute atomic E-state index is 0.484. The minimum Gasteiger partial charge on any atom is -0.386 e. The van der Waals surface area contributed by atoms with Crippen molar-refractivity contribution in [3.8, 4) is 0 Å². The molecule has 0 unspecified atom stereocenters. The molecule has 1 aromatic carbocycles. The highest BCUT2D eigenvalue weighted by molar-refractivity contribution is 5.79. The molecule has 1 heterocycles. The van der Waals surface area contributed by atoms with E-state index in [1.54, 1.807) is 13.8 Å². The van der Waals surface area contributed by atoms with Crippen LogP contribution in [0, 0.1) is 0 Å². The first kappa shape index (κ1) is 12.5. The maximum atomic E-state index is 10.1. The SMILES string of the molecule is CC(C)(O)c1ccc2c(c1)nc(N)n2C1CCCC1. The molecule has 0 radical (unpaired) electrons. The zero-order valence-corrected chi connectivity index (χ0v) is 11.6. The zero-order chi connectivity index (χ0) is 13.6. The van der Waals surface area contributed by atoms with Crippen LogP contribution in [0.2, 0.25) is 0 Å². The fraction of sp³-hybridized carbons (Fsp3) is 0.533. The van der Waals surface area contributed by atoms with Gasteiger partial charge in [-0.1, -0.05) is 18.9 Å². The molecule has 1 aliphatic carbocycles. The predicted molar refractivity (Wildman–Crippen MR) is 76.9 cm³/mol. The normalized spacial score (nSPS) is 17.4. The van der Waals surface area contributed by atoms with E-state index in [1.807, 2.05) is 18.2 Å². The Hall–Kier alpha value is -1.55. The van der Waals surface area contributed by atoms with Crippen LogP contribution in [-0.2, 0) is 5.60 Å². The highest BCUT2D eigenvalue weighted by Gasteiger charge is 2.23. The summed E-state index contributed by atoms with van der Waals surface area (Å²) in [5.74, 6) is 0.592. The van der Waals surface area contributed by atoms with E-state index < -0.39 is 5.60 Å². The number of nitrogens with zero attached hydrogens (tertiary/aromatic N) is 2. The number of fused-ring (bicyclic) bond motifs is 1. The van der Waals surface area contributed by atoms with Crippen molar-refractivity contribution in [1.29, 1.82) is 0 Å². The molecule has 3 N–H and O–H groups in total. The lowest BCUT2D eigenvalue weighted by Crippen LogP contribution is -2.15. The third-order valence-corrected chi connectivity index (χ3v) is 4.11. The topological polar surface area (TPSA) is 64.1 Å². The Bertz CT molecular complexity index is 604. The molecule has 4 nitrogen and oxygen atoms in total. The number of rotatable bonds is 2. The number of aliphatic hydroxyl groups is 1. The van der Waals surface area contributed by atoms with Crippen molar-refractivity contribution in [3.63, 3.8) is 0 Å². The third kappa shape index (κ3) is 2.10. The second kappa shape index (κ2) is 4.23. The summed E-state index contributed by atoms with van der Waals surface area (Å²) in [7, 11) is 0. The van der Waals surface area contributed by atoms with E-state index in [0.717, 1.165) is 16.6 Å². The summed E-state index contributed by atoms with van der Waals surface area (Å²) in [6, 6.07) is 6.43. The van der Waals surface area contributed by atoms with E-state index in [0.29, 0.717) is 12.0 Å². The fourth-order valence-corrected chi connectivity index (χ4v) is 3.04. The molecule has 0 spiro atoms. The molecule has 19 heavy (non-hydrogen) atoms. The van der Waals surface area contributed by atoms with Crippen LogP contribution in [0.4, 0.5) is 5.95 Å². The molecule has 3 rings (SSSR count). The first-order valence-corrected chi connectivity index (χ1v) is 6.97. The van der Waals surface area contributed by atoms with Gasteiger partial charge in [0, 0.05) is 6.04 Å². The summed E-state index contributed by atoms with van der Waals surface area (Å²) in [5.41, 5.74) is 8.07. The molecule has 102 valence electrons. The number of nitrogens with two attached hydrogens (primary N) is 1. The number of hydrogen-bond donors (Lipinski definition) is 2. The smallest absolute Gasteiger partial charge is 0.201 e. The number of nitrogen functional groups attached to an aromatic ring is 1. The average molecular weight is 259 g/mol. The van der Waals surface area contributed by atoms with Gasteiger partial charge in [-0.2, -0.15) is 0 Å². The second-order valence-corrected chi connectivity index (χ2v) is 6.04. The van der Waals surface area contributed by atoms with Gasteiger partial charge in [-0.25, -0.2) is 4.98 Å². The summed E-state index contributed by atoms with van der Waals surface area (Å²) < 4.78 is 2.16. The van der Waals surface area contributed by atoms with Gasteiger partial charge in [-0.05, 0) is 44.4 Å². The molecule has 1 saturated carbocycles. The van der Waals surface area contributed by atoms with Gasteiger partial charge < -0.3 is 15.4 Å². The largest absolute Gasteiger partial charge is 0.386 e. The number of anilines is 1. The van der Waals surface area contributed by atoms with E-state index in [1.165, 1.54) is 25.7 Å². The van der Waals surface area contributed by atoms with Crippen LogP contribution in [0.25, 0.3) is 11.0 Å². The summed E-state index contributed by atoms with van der Waals surface area (Å²) in [6.07, 6.45) is 4.91. The molecule has 0 saturated heterocycles. The molecular weight excluding hydrogens is 238 g/mol. The summed E-state index contributed by atoms with van der Waals surface area (Å²) in [6.45, 7) is 3.57. The Morgan fingerprint density at radius 3 is 2.63 bits per heavy atom. The molecule has 1 fully saturated rings. The molecule has 4 heteroatoms. The maximum absolute atomic E-state index is 10.1. The monoisotopic (exact) mass is 259 g/mol. The third-order valence-electron chi connectivity index (χ3n) is 4.11. The van der Waals surface area contributed by atoms with E-state index in [-0.39, 0.29) is 0 Å². The lowest BCUT2D eigenvalue weighted by Gasteiger charge is -2.18. The van der Waals surface area contributed by atoms with E-state index in [2.05, 4.69) is 9.55 Å². The molecule has 1 aliphatic rings. The van der Waals surface area contributed by atoms with Gasteiger partial charge in [-0.15, -0.1) is 0 Å². The van der Waals surface area contributed by atoms with Gasteiger partial charge in [0.05, 0.1) is 16.6 Å². The summed E-state index contributed by atoms with van der Waals surface area (Å²) >= 11 is 0. The molecule has 0 amide bonds. The molecule has 1 aromatic heterocycles. The van der Waals surface area contributed by atoms with Crippen LogP contribution in [0.3, 0.4) is 0 Å². The molecule has 2 aromatic rings. The van der Waals surface area contributed by atoms with E-state index in [9.17, 15) is 5.11 Å². The highest BCUT2D eigenvalue weighted by atomic mass is 16.3. The quantitative estimate of drug-likeness (QED) is 0.871. The lowest BCUT2D eigenvalue weighted by atomic mass is 9.98. The van der Waals surface area contributed by atoms with Crippen LogP contribution in [-0.4, -0.2) is 14.7 Å². The lowest BCUT2D eigenvalue weighted by molar-refractivity contribution is 0.0787. The Labute approximate surface area is 113 Å². The molecule has 0 bridgehead atoms. The Morgan fingerprint density at radius 1 is 1.32 bits per heavy atom. The van der Waals surface area contributed by atoms with Crippen LogP contribution < -0.4 is 5.73 Å². The zero-order valence-electron chi connectivity index (χ0n) is 11.6. The molecular formula is C15H21N3O. The average Bonchev–Trinajstić information content (AvgIpc) is 2.92. The van der Waals surface area contributed by atoms with Crippen LogP contribution in [0.5, 0.6) is 0 Å². The fourth-order valence-electron chi connectivity index (χ4n) is 3.04. The van der Waals surface area contributed by atoms with Crippen molar-refractivity contribution < 1.29 is 5.11 Å². The van der Waals surface area contributed by atoms with Gasteiger partial charge in [0.2, 0.25) is 5.95 Å². The molecule has 0 aliphatic heterocycles. The van der Waals surface area contributed by atoms with Gasteiger partial charge in [0.1, 0.15) is 0 Å². The van der Waals surface area contributed by atoms with Crippen molar-refractivity contribution in [3.05, 3.63) is 23.8 Å². The second-order valence-electron chi connectivity index (χ2n) is 6.04. The van der Waals surface area contributed by atoms with Gasteiger partial charge in [0.25, 0.3) is 0 Å². The van der Waals surface area contributed by atoms with Crippen molar-refractivity contribution in [2.75, 3.05) is 5.73 Å². The highest BCUT2D eigenvalue weighted by Crippen LogP contribution is 2.35. The first-order valence-electron chi connectivity index (χ1n) is 6.97. The standard InChI is InChI=1S/C15H21N3O/c1-15(2,19)10-7-8-13-12(9-10)17-14(16)18(13)11-5-3-4-6-11/h7-9,11,19H,3-6H2,1-2H3,(H2,16,17). The number of benzene rings is 1. The Kier molecular flexibility index (Phi) is 2.78. The van der Waals surface area contributed by atoms with Crippen molar-refractivity contribution in [2.24, 2.45) is 0 Å². The number of aromatic nitrogens is 2. The van der Waals surface area contributed by atoms with E-state index >= 15 is 0 Å². The number of imidazole rings is 1. The van der Waals surface area contributed by atoms with Gasteiger partial charge in [-0.3, -0.25) is 0 Å². The van der Waals surface area contributed by atoms with Crippen LogP contribution in [0.1, 0.15) is 51.1 Å². The Morgan fingerprint density at radius 2 is 2.00 bits per heavy atom. The summed E-state index contributed by atoms with van der Waals surface area (Å²) in [5, 5.41) is 10.1. The van der Waals surface area contributed by atoms with Crippen LogP contribution in [0.15, 0.2) is 18.2 Å². The van der Waals surface area contributed by atoms with Crippen molar-refractivity contribution in [1.82, 2.24) is 9.55 Å². The number of hydrogen-bond acceptors (Lipinski definition) is 3. The van der Waals surface area contributed by atoms with Crippen molar-refractivity contribution in [2.45, 2.75) is 51.2 Å². The molecule has 0 atom stereocenters. The Balaban J connectivity index is 2.12. The van der Waals surface area contributed by atoms with Crippen LogP contribution >= 0.6 is 0 Å². The summed E-state index contributed by atoms with van der Waals surface area (Å²) in [4.78, 5) is 4.46. The van der Waals surface area contributed by atoms with Gasteiger partial charge >= 0.3 is 0 Å².